The van der Waals surface area contributed by atoms with Gasteiger partial charge in [0.1, 0.15) is 5.69 Å². The first-order valence-corrected chi connectivity index (χ1v) is 8.39. The van der Waals surface area contributed by atoms with Gasteiger partial charge in [-0.3, -0.25) is 14.3 Å². The van der Waals surface area contributed by atoms with Crippen LogP contribution in [0.1, 0.15) is 31.4 Å². The lowest BCUT2D eigenvalue weighted by molar-refractivity contribution is -0.120. The minimum Gasteiger partial charge on any atom is -0.328 e. The summed E-state index contributed by atoms with van der Waals surface area (Å²) in [5.41, 5.74) is 7.61. The lowest BCUT2D eigenvalue weighted by atomic mass is 9.85. The molecule has 0 radical (unpaired) electrons. The molecular weight excluding hydrogens is 304 g/mol. The quantitative estimate of drug-likeness (QED) is 0.903. The highest BCUT2D eigenvalue weighted by Crippen LogP contribution is 2.25. The summed E-state index contributed by atoms with van der Waals surface area (Å²) in [6, 6.07) is 9.48. The predicted molar refractivity (Wildman–Crippen MR) is 94.3 cm³/mol. The number of anilines is 1. The van der Waals surface area contributed by atoms with Crippen molar-refractivity contribution in [2.75, 3.05) is 5.32 Å². The Kier molecular flexibility index (Phi) is 4.57. The number of para-hydroxylation sites is 1. The number of aromatic nitrogens is 2. The molecule has 1 saturated carbocycles. The smallest absolute Gasteiger partial charge is 0.295 e. The van der Waals surface area contributed by atoms with Crippen molar-refractivity contribution in [3.63, 3.8) is 0 Å². The summed E-state index contributed by atoms with van der Waals surface area (Å²) in [7, 11) is 1.82. The van der Waals surface area contributed by atoms with Gasteiger partial charge in [-0.25, -0.2) is 4.68 Å². The van der Waals surface area contributed by atoms with E-state index in [1.165, 1.54) is 0 Å². The van der Waals surface area contributed by atoms with Gasteiger partial charge in [-0.05, 0) is 38.3 Å². The zero-order valence-electron chi connectivity index (χ0n) is 14.2. The van der Waals surface area contributed by atoms with Gasteiger partial charge in [0.25, 0.3) is 5.56 Å². The van der Waals surface area contributed by atoms with Gasteiger partial charge in [0.2, 0.25) is 5.91 Å². The number of amides is 1. The summed E-state index contributed by atoms with van der Waals surface area (Å²) in [6.45, 7) is 1.84. The predicted octanol–water partition coefficient (Wildman–Crippen LogP) is 1.94. The van der Waals surface area contributed by atoms with Crippen LogP contribution in [0.5, 0.6) is 0 Å². The second kappa shape index (κ2) is 6.65. The monoisotopic (exact) mass is 328 g/mol. The van der Waals surface area contributed by atoms with Crippen LogP contribution in [-0.4, -0.2) is 21.3 Å². The normalized spacial score (nSPS) is 20.8. The van der Waals surface area contributed by atoms with Crippen LogP contribution in [0, 0.1) is 12.8 Å². The van der Waals surface area contributed by atoms with E-state index in [2.05, 4.69) is 5.32 Å². The number of hydrogen-bond donors (Lipinski definition) is 2. The largest absolute Gasteiger partial charge is 0.328 e. The average molecular weight is 328 g/mol. The standard InChI is InChI=1S/C18H24N4O2/c1-12-16(20-17(23)13-7-6-8-14(19)11-13)18(24)22(21(12)2)15-9-4-3-5-10-15/h3-5,9-10,13-14H,6-8,11,19H2,1-2H3,(H,20,23)/t13-,14?/m1/s1. The molecule has 2 aromatic rings. The second-order valence-electron chi connectivity index (χ2n) is 6.55. The van der Waals surface area contributed by atoms with E-state index in [4.69, 9.17) is 5.73 Å². The maximum Gasteiger partial charge on any atom is 0.295 e. The molecule has 1 aliphatic rings. The third-order valence-corrected chi connectivity index (χ3v) is 4.89. The van der Waals surface area contributed by atoms with E-state index >= 15 is 0 Å². The lowest BCUT2D eigenvalue weighted by Crippen LogP contribution is -2.35. The maximum absolute atomic E-state index is 12.8. The third-order valence-electron chi connectivity index (χ3n) is 4.89. The number of nitrogens with zero attached hydrogens (tertiary/aromatic N) is 2. The minimum absolute atomic E-state index is 0.0762. The zero-order valence-corrected chi connectivity index (χ0v) is 14.2. The first-order valence-electron chi connectivity index (χ1n) is 8.39. The van der Waals surface area contributed by atoms with Gasteiger partial charge < -0.3 is 11.1 Å². The number of carbonyl (C=O) groups excluding carboxylic acids is 1. The molecular formula is C18H24N4O2. The number of nitrogens with two attached hydrogens (primary N) is 1. The van der Waals surface area contributed by atoms with E-state index in [1.807, 2.05) is 44.3 Å². The van der Waals surface area contributed by atoms with Gasteiger partial charge in [-0.2, -0.15) is 0 Å². The topological polar surface area (TPSA) is 82.1 Å². The van der Waals surface area contributed by atoms with E-state index in [0.29, 0.717) is 12.1 Å². The molecule has 6 nitrogen and oxygen atoms in total. The first kappa shape index (κ1) is 16.5. The van der Waals surface area contributed by atoms with Crippen LogP contribution < -0.4 is 16.6 Å². The van der Waals surface area contributed by atoms with Crippen molar-refractivity contribution in [2.45, 2.75) is 38.6 Å². The Morgan fingerprint density at radius 3 is 2.62 bits per heavy atom. The van der Waals surface area contributed by atoms with Gasteiger partial charge in [-0.1, -0.05) is 24.6 Å². The molecule has 6 heteroatoms. The molecule has 3 N–H and O–H groups in total. The Labute approximate surface area is 141 Å². The van der Waals surface area contributed by atoms with Crippen LogP contribution in [0.3, 0.4) is 0 Å². The molecule has 128 valence electrons. The number of nitrogens with one attached hydrogen (secondary N) is 1. The molecule has 1 aromatic carbocycles. The molecule has 3 rings (SSSR count). The van der Waals surface area contributed by atoms with Gasteiger partial charge in [-0.15, -0.1) is 0 Å². The van der Waals surface area contributed by atoms with Gasteiger partial charge in [0, 0.05) is 19.0 Å². The Morgan fingerprint density at radius 1 is 1.25 bits per heavy atom. The summed E-state index contributed by atoms with van der Waals surface area (Å²) >= 11 is 0. The molecule has 2 atom stereocenters. The highest BCUT2D eigenvalue weighted by atomic mass is 16.2. The fourth-order valence-corrected chi connectivity index (χ4v) is 3.40. The molecule has 0 bridgehead atoms. The molecule has 0 aliphatic heterocycles. The van der Waals surface area contributed by atoms with Gasteiger partial charge in [0.05, 0.1) is 11.4 Å². The van der Waals surface area contributed by atoms with Crippen LogP contribution >= 0.6 is 0 Å². The number of hydrogen-bond acceptors (Lipinski definition) is 3. The first-order chi connectivity index (χ1) is 11.5. The Bertz CT molecular complexity index is 791. The highest BCUT2D eigenvalue weighted by Gasteiger charge is 2.27. The van der Waals surface area contributed by atoms with Crippen molar-refractivity contribution in [1.29, 1.82) is 0 Å². The van der Waals surface area contributed by atoms with Crippen LogP contribution in [0.2, 0.25) is 0 Å². The number of benzene rings is 1. The molecule has 1 unspecified atom stereocenters. The molecule has 1 fully saturated rings. The summed E-state index contributed by atoms with van der Waals surface area (Å²) in [5, 5.41) is 2.85. The molecule has 1 aliphatic carbocycles. The van der Waals surface area contributed by atoms with Crippen LogP contribution in [0.4, 0.5) is 5.69 Å². The van der Waals surface area contributed by atoms with Crippen molar-refractivity contribution >= 4 is 11.6 Å². The van der Waals surface area contributed by atoms with E-state index in [9.17, 15) is 9.59 Å². The van der Waals surface area contributed by atoms with E-state index in [-0.39, 0.29) is 23.4 Å². The Hall–Kier alpha value is -2.34. The maximum atomic E-state index is 12.8. The van der Waals surface area contributed by atoms with Crippen molar-refractivity contribution in [3.05, 3.63) is 46.4 Å². The van der Waals surface area contributed by atoms with Gasteiger partial charge in [0.15, 0.2) is 0 Å². The average Bonchev–Trinajstić information content (AvgIpc) is 2.79. The molecule has 24 heavy (non-hydrogen) atoms. The van der Waals surface area contributed by atoms with Crippen LogP contribution in [0.25, 0.3) is 5.69 Å². The molecule has 1 heterocycles. The van der Waals surface area contributed by atoms with Crippen LogP contribution in [0.15, 0.2) is 35.1 Å². The van der Waals surface area contributed by atoms with Crippen molar-refractivity contribution in [3.8, 4) is 5.69 Å². The summed E-state index contributed by atoms with van der Waals surface area (Å²) < 4.78 is 3.33. The summed E-state index contributed by atoms with van der Waals surface area (Å²) in [6.07, 6.45) is 3.44. The molecule has 0 spiro atoms. The number of carbonyl (C=O) groups is 1. The van der Waals surface area contributed by atoms with E-state index in [1.54, 1.807) is 9.36 Å². The Balaban J connectivity index is 1.89. The fraction of sp³-hybridized carbons (Fsp3) is 0.444. The zero-order chi connectivity index (χ0) is 17.3. The summed E-state index contributed by atoms with van der Waals surface area (Å²) in [5.74, 6) is -0.214. The Morgan fingerprint density at radius 2 is 1.96 bits per heavy atom. The van der Waals surface area contributed by atoms with Crippen molar-refractivity contribution in [1.82, 2.24) is 9.36 Å². The SMILES string of the molecule is Cc1c(NC(=O)[C@@H]2CCCC(N)C2)c(=O)n(-c2ccccc2)n1C. The fourth-order valence-electron chi connectivity index (χ4n) is 3.40. The van der Waals surface area contributed by atoms with E-state index < -0.39 is 0 Å². The molecule has 1 amide bonds. The van der Waals surface area contributed by atoms with E-state index in [0.717, 1.165) is 30.6 Å². The van der Waals surface area contributed by atoms with Crippen molar-refractivity contribution in [2.24, 2.45) is 18.7 Å². The van der Waals surface area contributed by atoms with Crippen LogP contribution in [-0.2, 0) is 11.8 Å². The molecule has 0 saturated heterocycles. The summed E-state index contributed by atoms with van der Waals surface area (Å²) in [4.78, 5) is 25.3. The minimum atomic E-state index is -0.213. The third kappa shape index (κ3) is 3.01. The number of rotatable bonds is 3. The highest BCUT2D eigenvalue weighted by molar-refractivity contribution is 5.93. The lowest BCUT2D eigenvalue weighted by Gasteiger charge is -2.25. The molecule has 1 aromatic heterocycles. The van der Waals surface area contributed by atoms with Crippen molar-refractivity contribution < 1.29 is 4.79 Å². The van der Waals surface area contributed by atoms with Gasteiger partial charge >= 0.3 is 0 Å². The second-order valence-corrected chi connectivity index (χ2v) is 6.55.